The first-order chi connectivity index (χ1) is 14.0. The lowest BCUT2D eigenvalue weighted by atomic mass is 10.3. The Kier molecular flexibility index (Phi) is 7.97. The molecule has 1 aromatic heterocycles. The first-order valence-corrected chi connectivity index (χ1v) is 11.2. The van der Waals surface area contributed by atoms with Crippen molar-refractivity contribution in [1.29, 1.82) is 0 Å². The van der Waals surface area contributed by atoms with E-state index in [1.54, 1.807) is 13.0 Å². The molecule has 2 aromatic rings. The molecule has 0 aliphatic heterocycles. The summed E-state index contributed by atoms with van der Waals surface area (Å²) in [5.41, 5.74) is 0.310. The Morgan fingerprint density at radius 2 is 1.87 bits per heavy atom. The van der Waals surface area contributed by atoms with E-state index < -0.39 is 28.0 Å². The molecule has 0 spiro atoms. The number of aryl methyl sites for hydroxylation is 1. The fourth-order valence-electron chi connectivity index (χ4n) is 2.09. The number of amides is 2. The minimum absolute atomic E-state index is 0.0159. The van der Waals surface area contributed by atoms with Gasteiger partial charge in [0.1, 0.15) is 5.76 Å². The van der Waals surface area contributed by atoms with Crippen LogP contribution in [0.25, 0.3) is 0 Å². The molecular weight excluding hydrogens is 436 g/mol. The minimum Gasteiger partial charge on any atom is -0.452 e. The molecule has 4 N–H and O–H groups in total. The molecule has 1 heterocycles. The molecule has 0 unspecified atom stereocenters. The SMILES string of the molecule is Cc1cc(NC(=O)CSCC(=O)O[C@H](C)C(=O)Nc2ccc(S(N)(=O)=O)cc2)no1. The van der Waals surface area contributed by atoms with Crippen molar-refractivity contribution in [2.24, 2.45) is 5.14 Å². The number of sulfonamides is 1. The molecule has 0 saturated heterocycles. The minimum atomic E-state index is -3.83. The highest BCUT2D eigenvalue weighted by Crippen LogP contribution is 2.14. The summed E-state index contributed by atoms with van der Waals surface area (Å²) in [4.78, 5) is 35.6. The van der Waals surface area contributed by atoms with Gasteiger partial charge in [0.25, 0.3) is 5.91 Å². The van der Waals surface area contributed by atoms with Crippen LogP contribution in [0.4, 0.5) is 11.5 Å². The number of primary sulfonamides is 1. The normalized spacial score (nSPS) is 12.1. The third-order valence-electron chi connectivity index (χ3n) is 3.48. The Morgan fingerprint density at radius 3 is 2.43 bits per heavy atom. The van der Waals surface area contributed by atoms with Crippen LogP contribution in [0.5, 0.6) is 0 Å². The number of hydrogen-bond acceptors (Lipinski definition) is 9. The Labute approximate surface area is 176 Å². The Morgan fingerprint density at radius 1 is 1.20 bits per heavy atom. The summed E-state index contributed by atoms with van der Waals surface area (Å²) in [5.74, 6) is -0.954. The molecule has 0 aliphatic rings. The van der Waals surface area contributed by atoms with E-state index >= 15 is 0 Å². The lowest BCUT2D eigenvalue weighted by Crippen LogP contribution is -2.30. The van der Waals surface area contributed by atoms with Crippen LogP contribution < -0.4 is 15.8 Å². The summed E-state index contributed by atoms with van der Waals surface area (Å²) in [6, 6.07) is 6.75. The topological polar surface area (TPSA) is 171 Å². The zero-order valence-corrected chi connectivity index (χ0v) is 17.7. The van der Waals surface area contributed by atoms with E-state index in [1.165, 1.54) is 31.2 Å². The van der Waals surface area contributed by atoms with Crippen LogP contribution in [0.15, 0.2) is 39.8 Å². The number of esters is 1. The van der Waals surface area contributed by atoms with Crippen LogP contribution >= 0.6 is 11.8 Å². The van der Waals surface area contributed by atoms with Crippen molar-refractivity contribution in [2.75, 3.05) is 22.1 Å². The molecule has 13 heteroatoms. The predicted molar refractivity (Wildman–Crippen MR) is 109 cm³/mol. The molecule has 0 fully saturated rings. The number of nitrogens with two attached hydrogens (primary N) is 1. The molecule has 1 atom stereocenters. The van der Waals surface area contributed by atoms with Gasteiger partial charge in [-0.2, -0.15) is 0 Å². The van der Waals surface area contributed by atoms with Crippen LogP contribution in [-0.2, 0) is 29.1 Å². The van der Waals surface area contributed by atoms with Gasteiger partial charge in [0.15, 0.2) is 11.9 Å². The number of ether oxygens (including phenoxy) is 1. The summed E-state index contributed by atoms with van der Waals surface area (Å²) in [6.07, 6.45) is -1.09. The number of carbonyl (C=O) groups is 3. The van der Waals surface area contributed by atoms with Gasteiger partial charge in [-0.3, -0.25) is 14.4 Å². The van der Waals surface area contributed by atoms with Crippen molar-refractivity contribution in [3.63, 3.8) is 0 Å². The van der Waals surface area contributed by atoms with Gasteiger partial charge in [-0.1, -0.05) is 5.16 Å². The number of nitrogens with one attached hydrogen (secondary N) is 2. The molecular formula is C17H20N4O7S2. The highest BCUT2D eigenvalue weighted by Gasteiger charge is 2.19. The maximum absolute atomic E-state index is 12.1. The lowest BCUT2D eigenvalue weighted by Gasteiger charge is -2.13. The quantitative estimate of drug-likeness (QED) is 0.463. The van der Waals surface area contributed by atoms with E-state index in [9.17, 15) is 22.8 Å². The molecule has 30 heavy (non-hydrogen) atoms. The maximum atomic E-state index is 12.1. The van der Waals surface area contributed by atoms with E-state index in [-0.39, 0.29) is 28.1 Å². The van der Waals surface area contributed by atoms with Crippen molar-refractivity contribution in [2.45, 2.75) is 24.8 Å². The number of nitrogens with zero attached hydrogens (tertiary/aromatic N) is 1. The standard InChI is InChI=1S/C17H20N4O7S2/c1-10-7-14(21-28-10)20-15(22)8-29-9-16(23)27-11(2)17(24)19-12-3-5-13(6-4-12)30(18,25)26/h3-7,11H,8-9H2,1-2H3,(H,19,24)(H2,18,25,26)(H,20,21,22)/t11-/m1/s1. The van der Waals surface area contributed by atoms with Crippen molar-refractivity contribution < 1.29 is 32.1 Å². The summed E-state index contributed by atoms with van der Waals surface area (Å²) >= 11 is 1.01. The smallest absolute Gasteiger partial charge is 0.316 e. The van der Waals surface area contributed by atoms with E-state index in [0.717, 1.165) is 11.8 Å². The number of rotatable bonds is 9. The maximum Gasteiger partial charge on any atom is 0.316 e. The highest BCUT2D eigenvalue weighted by molar-refractivity contribution is 8.00. The van der Waals surface area contributed by atoms with Gasteiger partial charge >= 0.3 is 5.97 Å². The number of thioether (sulfide) groups is 1. The van der Waals surface area contributed by atoms with E-state index in [2.05, 4.69) is 15.8 Å². The lowest BCUT2D eigenvalue weighted by molar-refractivity contribution is -0.150. The van der Waals surface area contributed by atoms with Gasteiger partial charge in [0, 0.05) is 11.8 Å². The molecule has 1 aromatic carbocycles. The second-order valence-electron chi connectivity index (χ2n) is 6.05. The second kappa shape index (κ2) is 10.2. The van der Waals surface area contributed by atoms with E-state index in [1.807, 2.05) is 0 Å². The number of anilines is 2. The van der Waals surface area contributed by atoms with Crippen molar-refractivity contribution in [3.05, 3.63) is 36.1 Å². The molecule has 11 nitrogen and oxygen atoms in total. The summed E-state index contributed by atoms with van der Waals surface area (Å²) in [5, 5.41) is 13.6. The van der Waals surface area contributed by atoms with Gasteiger partial charge in [-0.25, -0.2) is 13.6 Å². The van der Waals surface area contributed by atoms with Gasteiger partial charge < -0.3 is 19.9 Å². The zero-order chi connectivity index (χ0) is 22.3. The second-order valence-corrected chi connectivity index (χ2v) is 8.60. The predicted octanol–water partition coefficient (Wildman–Crippen LogP) is 0.873. The third kappa shape index (κ3) is 7.50. The van der Waals surface area contributed by atoms with Crippen LogP contribution in [0, 0.1) is 6.92 Å². The fraction of sp³-hybridized carbons (Fsp3) is 0.294. The third-order valence-corrected chi connectivity index (χ3v) is 5.31. The molecule has 2 rings (SSSR count). The van der Waals surface area contributed by atoms with Crippen LogP contribution in [-0.4, -0.2) is 49.0 Å². The first kappa shape index (κ1) is 23.4. The van der Waals surface area contributed by atoms with Crippen LogP contribution in [0.3, 0.4) is 0 Å². The number of hydrogen-bond donors (Lipinski definition) is 3. The summed E-state index contributed by atoms with van der Waals surface area (Å²) in [7, 11) is -3.83. The number of benzene rings is 1. The van der Waals surface area contributed by atoms with Gasteiger partial charge in [-0.05, 0) is 38.1 Å². The molecule has 0 saturated carbocycles. The van der Waals surface area contributed by atoms with E-state index in [4.69, 9.17) is 14.4 Å². The van der Waals surface area contributed by atoms with Gasteiger partial charge in [-0.15, -0.1) is 11.8 Å². The van der Waals surface area contributed by atoms with E-state index in [0.29, 0.717) is 11.4 Å². The Bertz CT molecular complexity index is 1020. The average molecular weight is 457 g/mol. The first-order valence-electron chi connectivity index (χ1n) is 8.48. The van der Waals surface area contributed by atoms with Crippen molar-refractivity contribution in [1.82, 2.24) is 5.16 Å². The molecule has 2 amide bonds. The average Bonchev–Trinajstić information content (AvgIpc) is 3.05. The monoisotopic (exact) mass is 456 g/mol. The van der Waals surface area contributed by atoms with Crippen molar-refractivity contribution >= 4 is 51.1 Å². The molecule has 0 radical (unpaired) electrons. The van der Waals surface area contributed by atoms with Gasteiger partial charge in [0.2, 0.25) is 15.9 Å². The largest absolute Gasteiger partial charge is 0.452 e. The fourth-order valence-corrected chi connectivity index (χ4v) is 3.20. The van der Waals surface area contributed by atoms with Gasteiger partial charge in [0.05, 0.1) is 16.4 Å². The highest BCUT2D eigenvalue weighted by atomic mass is 32.2. The van der Waals surface area contributed by atoms with Crippen LogP contribution in [0.2, 0.25) is 0 Å². The Hall–Kier alpha value is -2.90. The summed E-state index contributed by atoms with van der Waals surface area (Å²) < 4.78 is 32.3. The molecule has 162 valence electrons. The Balaban J connectivity index is 1.72. The zero-order valence-electron chi connectivity index (χ0n) is 16.1. The molecule has 0 bridgehead atoms. The van der Waals surface area contributed by atoms with Crippen LogP contribution in [0.1, 0.15) is 12.7 Å². The number of aromatic nitrogens is 1. The van der Waals surface area contributed by atoms with Crippen molar-refractivity contribution in [3.8, 4) is 0 Å². The molecule has 0 aliphatic carbocycles. The number of carbonyl (C=O) groups excluding carboxylic acids is 3. The summed E-state index contributed by atoms with van der Waals surface area (Å²) in [6.45, 7) is 3.07.